The predicted molar refractivity (Wildman–Crippen MR) is 129 cm³/mol. The fourth-order valence-corrected chi connectivity index (χ4v) is 4.08. The number of ether oxygens (including phenoxy) is 1. The second-order valence-electron chi connectivity index (χ2n) is 8.48. The summed E-state index contributed by atoms with van der Waals surface area (Å²) in [6.07, 6.45) is 1.53. The van der Waals surface area contributed by atoms with Crippen LogP contribution in [0.2, 0.25) is 0 Å². The fraction of sp³-hybridized carbons (Fsp3) is 0.280. The molecular formula is C25H25N5O4. The molecule has 1 aliphatic rings. The highest BCUT2D eigenvalue weighted by atomic mass is 16.6. The maximum atomic E-state index is 11.1. The van der Waals surface area contributed by atoms with Crippen LogP contribution >= 0.6 is 0 Å². The number of hydrogen-bond donors (Lipinski definition) is 0. The normalized spacial score (nSPS) is 15.4. The highest BCUT2D eigenvalue weighted by Gasteiger charge is 2.20. The number of non-ortho nitro benzene ring substituents is 1. The third kappa shape index (κ3) is 4.42. The Bertz CT molecular complexity index is 1310. The molecule has 9 heteroatoms. The van der Waals surface area contributed by atoms with E-state index in [1.807, 2.05) is 6.92 Å². The zero-order valence-electron chi connectivity index (χ0n) is 19.0. The van der Waals surface area contributed by atoms with Gasteiger partial charge in [0.05, 0.1) is 17.3 Å². The molecule has 1 fully saturated rings. The number of fused-ring (bicyclic) bond motifs is 1. The summed E-state index contributed by atoms with van der Waals surface area (Å²) in [5.41, 5.74) is 3.25. The van der Waals surface area contributed by atoms with Gasteiger partial charge in [0.1, 0.15) is 17.1 Å². The number of hydrogen-bond acceptors (Lipinski definition) is 8. The Kier molecular flexibility index (Phi) is 5.85. The molecule has 0 bridgehead atoms. The van der Waals surface area contributed by atoms with Gasteiger partial charge in [-0.1, -0.05) is 25.1 Å². The Hall–Kier alpha value is -3.98. The first kappa shape index (κ1) is 21.8. The highest BCUT2D eigenvalue weighted by Crippen LogP contribution is 2.33. The van der Waals surface area contributed by atoms with Gasteiger partial charge in [-0.15, -0.1) is 0 Å². The van der Waals surface area contributed by atoms with Gasteiger partial charge in [0.2, 0.25) is 5.58 Å². The van der Waals surface area contributed by atoms with Gasteiger partial charge in [-0.05, 0) is 30.8 Å². The first-order chi connectivity index (χ1) is 16.5. The van der Waals surface area contributed by atoms with Crippen molar-refractivity contribution in [2.75, 3.05) is 38.1 Å². The molecule has 0 saturated carbocycles. The van der Waals surface area contributed by atoms with Gasteiger partial charge in [-0.2, -0.15) is 4.98 Å². The molecule has 0 aliphatic carbocycles. The van der Waals surface area contributed by atoms with Gasteiger partial charge < -0.3 is 19.0 Å². The van der Waals surface area contributed by atoms with Crippen LogP contribution in [0.4, 0.5) is 11.4 Å². The lowest BCUT2D eigenvalue weighted by molar-refractivity contribution is -0.384. The molecule has 34 heavy (non-hydrogen) atoms. The zero-order chi connectivity index (χ0) is 23.7. The molecule has 1 saturated heterocycles. The van der Waals surface area contributed by atoms with E-state index < -0.39 is 4.92 Å². The molecule has 1 atom stereocenters. The summed E-state index contributed by atoms with van der Waals surface area (Å²) < 4.78 is 11.5. The van der Waals surface area contributed by atoms with Gasteiger partial charge in [0, 0.05) is 49.9 Å². The second kappa shape index (κ2) is 9.11. The lowest BCUT2D eigenvalue weighted by atomic mass is 9.99. The number of anilines is 1. The minimum absolute atomic E-state index is 0.0590. The van der Waals surface area contributed by atoms with Crippen LogP contribution in [0.3, 0.4) is 0 Å². The van der Waals surface area contributed by atoms with Gasteiger partial charge in [-0.3, -0.25) is 10.1 Å². The van der Waals surface area contributed by atoms with Gasteiger partial charge in [-0.25, -0.2) is 4.98 Å². The monoisotopic (exact) mass is 459 g/mol. The number of furan rings is 1. The molecule has 0 radical (unpaired) electrons. The number of nitrogens with zero attached hydrogens (tertiary/aromatic N) is 5. The quantitative estimate of drug-likeness (QED) is 0.299. The third-order valence-electron chi connectivity index (χ3n) is 6.18. The van der Waals surface area contributed by atoms with Crippen LogP contribution in [-0.4, -0.2) is 53.0 Å². The SMILES string of the molecule is C[C@@H](c1ccc(N2CCN(C)CC2)cc1)c1nc(Oc2cccc([N+](=O)[O-])c2)c2occc2n1. The van der Waals surface area contributed by atoms with Gasteiger partial charge >= 0.3 is 0 Å². The largest absolute Gasteiger partial charge is 0.457 e. The van der Waals surface area contributed by atoms with Crippen molar-refractivity contribution in [3.63, 3.8) is 0 Å². The van der Waals surface area contributed by atoms with Crippen LogP contribution in [0.15, 0.2) is 65.3 Å². The first-order valence-corrected chi connectivity index (χ1v) is 11.2. The van der Waals surface area contributed by atoms with Crippen LogP contribution < -0.4 is 9.64 Å². The molecule has 4 aromatic rings. The van der Waals surface area contributed by atoms with E-state index in [-0.39, 0.29) is 17.5 Å². The average Bonchev–Trinajstić information content (AvgIpc) is 3.33. The molecule has 174 valence electrons. The molecule has 0 N–H and O–H groups in total. The van der Waals surface area contributed by atoms with E-state index in [1.165, 1.54) is 24.1 Å². The molecule has 5 rings (SSSR count). The molecule has 0 unspecified atom stereocenters. The van der Waals surface area contributed by atoms with Crippen LogP contribution in [0.1, 0.15) is 24.2 Å². The van der Waals surface area contributed by atoms with Crippen LogP contribution in [-0.2, 0) is 0 Å². The van der Waals surface area contributed by atoms with E-state index >= 15 is 0 Å². The summed E-state index contributed by atoms with van der Waals surface area (Å²) in [6, 6.07) is 16.3. The van der Waals surface area contributed by atoms with Crippen LogP contribution in [0.5, 0.6) is 11.6 Å². The van der Waals surface area contributed by atoms with Crippen LogP contribution in [0.25, 0.3) is 11.1 Å². The van der Waals surface area contributed by atoms with Crippen molar-refractivity contribution < 1.29 is 14.1 Å². The van der Waals surface area contributed by atoms with Crippen molar-refractivity contribution in [3.05, 3.63) is 82.4 Å². The maximum absolute atomic E-state index is 11.1. The minimum Gasteiger partial charge on any atom is -0.457 e. The fourth-order valence-electron chi connectivity index (χ4n) is 4.08. The summed E-state index contributed by atoms with van der Waals surface area (Å²) in [7, 11) is 2.15. The molecule has 2 aromatic heterocycles. The molecule has 0 spiro atoms. The summed E-state index contributed by atoms with van der Waals surface area (Å²) in [6.45, 7) is 6.20. The molecule has 2 aromatic carbocycles. The molecule has 0 amide bonds. The predicted octanol–water partition coefficient (Wildman–Crippen LogP) is 4.83. The minimum atomic E-state index is -0.464. The number of benzene rings is 2. The number of piperazine rings is 1. The number of rotatable bonds is 6. The Morgan fingerprint density at radius 1 is 1.06 bits per heavy atom. The number of likely N-dealkylation sites (N-methyl/N-ethyl adjacent to an activating group) is 1. The lowest BCUT2D eigenvalue weighted by Gasteiger charge is -2.34. The van der Waals surface area contributed by atoms with E-state index in [2.05, 4.69) is 51.1 Å². The topological polar surface area (TPSA) is 97.8 Å². The third-order valence-corrected chi connectivity index (χ3v) is 6.18. The highest BCUT2D eigenvalue weighted by molar-refractivity contribution is 5.77. The first-order valence-electron chi connectivity index (χ1n) is 11.2. The van der Waals surface area contributed by atoms with Crippen molar-refractivity contribution in [2.45, 2.75) is 12.8 Å². The number of nitro benzene ring substituents is 1. The number of aromatic nitrogens is 2. The average molecular weight is 460 g/mol. The lowest BCUT2D eigenvalue weighted by Crippen LogP contribution is -2.44. The van der Waals surface area contributed by atoms with E-state index in [0.717, 1.165) is 31.7 Å². The smallest absolute Gasteiger partial charge is 0.273 e. The van der Waals surface area contributed by atoms with E-state index in [9.17, 15) is 10.1 Å². The Morgan fingerprint density at radius 2 is 1.82 bits per heavy atom. The standard InChI is InChI=1S/C25H25N5O4/c1-17(18-6-8-19(9-7-18)29-13-11-28(2)12-14-29)24-26-22-10-15-33-23(22)25(27-24)34-21-5-3-4-20(16-21)30(31)32/h3-10,15-17H,11-14H2,1-2H3/t17-/m0/s1. The van der Waals surface area contributed by atoms with Crippen molar-refractivity contribution in [1.29, 1.82) is 0 Å². The summed E-state index contributed by atoms with van der Waals surface area (Å²) in [4.78, 5) is 24.7. The Morgan fingerprint density at radius 3 is 2.56 bits per heavy atom. The molecule has 1 aliphatic heterocycles. The summed E-state index contributed by atoms with van der Waals surface area (Å²) in [5, 5.41) is 11.1. The van der Waals surface area contributed by atoms with E-state index in [4.69, 9.17) is 9.15 Å². The Labute approximate surface area is 196 Å². The summed E-state index contributed by atoms with van der Waals surface area (Å²) in [5.74, 6) is 1.03. The number of nitro groups is 1. The Balaban J connectivity index is 1.41. The zero-order valence-corrected chi connectivity index (χ0v) is 19.0. The van der Waals surface area contributed by atoms with Crippen LogP contribution in [0, 0.1) is 10.1 Å². The molecule has 3 heterocycles. The van der Waals surface area contributed by atoms with E-state index in [1.54, 1.807) is 18.2 Å². The van der Waals surface area contributed by atoms with Crippen molar-refractivity contribution >= 4 is 22.5 Å². The van der Waals surface area contributed by atoms with Crippen molar-refractivity contribution in [1.82, 2.24) is 14.9 Å². The van der Waals surface area contributed by atoms with E-state index in [0.29, 0.717) is 22.7 Å². The molecule has 9 nitrogen and oxygen atoms in total. The van der Waals surface area contributed by atoms with Crippen molar-refractivity contribution in [2.24, 2.45) is 0 Å². The molecular weight excluding hydrogens is 434 g/mol. The van der Waals surface area contributed by atoms with Gasteiger partial charge in [0.15, 0.2) is 0 Å². The second-order valence-corrected chi connectivity index (χ2v) is 8.48. The maximum Gasteiger partial charge on any atom is 0.273 e. The van der Waals surface area contributed by atoms with Gasteiger partial charge in [0.25, 0.3) is 11.6 Å². The van der Waals surface area contributed by atoms with Crippen molar-refractivity contribution in [3.8, 4) is 11.6 Å². The summed E-state index contributed by atoms with van der Waals surface area (Å²) >= 11 is 0.